The number of aromatic nitrogens is 2. The van der Waals surface area contributed by atoms with E-state index in [1.165, 1.54) is 10.6 Å². The zero-order valence-electron chi connectivity index (χ0n) is 17.5. The first-order valence-corrected chi connectivity index (χ1v) is 12.1. The maximum atomic E-state index is 6.43. The molecule has 156 valence electrons. The van der Waals surface area contributed by atoms with Gasteiger partial charge in [-0.2, -0.15) is 0 Å². The number of ether oxygens (including phenoxy) is 2. The molecular weight excluding hydrogens is 427 g/mol. The monoisotopic (exact) mass is 444 g/mol. The summed E-state index contributed by atoms with van der Waals surface area (Å²) in [7, 11) is -0.745. The summed E-state index contributed by atoms with van der Waals surface area (Å²) >= 11 is 0. The molecule has 0 saturated carbocycles. The van der Waals surface area contributed by atoms with Crippen LogP contribution in [0, 0.1) is 0 Å². The molecule has 5 heteroatoms. The Balaban J connectivity index is 1.42. The van der Waals surface area contributed by atoms with Gasteiger partial charge in [0.15, 0.2) is 5.82 Å². The van der Waals surface area contributed by atoms with Crippen molar-refractivity contribution in [3.63, 3.8) is 0 Å². The van der Waals surface area contributed by atoms with Crippen molar-refractivity contribution in [1.29, 1.82) is 0 Å². The second-order valence-electron chi connectivity index (χ2n) is 7.95. The average molecular weight is 444 g/mol. The Morgan fingerprint density at radius 3 is 1.79 bits per heavy atom. The van der Waals surface area contributed by atoms with E-state index in [0.717, 1.165) is 45.0 Å². The zero-order valence-corrected chi connectivity index (χ0v) is 18.4. The SMILES string of the molecule is c1cnc(-c2cccc(-c3cc4c5c(c3)Oc3ccccc3P5c3ccccc3O4)c2)nc1. The lowest BCUT2D eigenvalue weighted by molar-refractivity contribution is 0.467. The number of hydrogen-bond acceptors (Lipinski definition) is 4. The van der Waals surface area contributed by atoms with Gasteiger partial charge in [-0.25, -0.2) is 9.97 Å². The first kappa shape index (κ1) is 18.6. The van der Waals surface area contributed by atoms with Crippen LogP contribution >= 0.6 is 7.92 Å². The second-order valence-corrected chi connectivity index (χ2v) is 10.0. The van der Waals surface area contributed by atoms with Gasteiger partial charge in [0.25, 0.3) is 0 Å². The summed E-state index contributed by atoms with van der Waals surface area (Å²) in [5, 5.41) is 3.61. The maximum absolute atomic E-state index is 6.43. The molecule has 0 atom stereocenters. The quantitative estimate of drug-likeness (QED) is 0.317. The summed E-state index contributed by atoms with van der Waals surface area (Å²) in [6.07, 6.45) is 3.52. The van der Waals surface area contributed by atoms with E-state index in [2.05, 4.69) is 70.6 Å². The lowest BCUT2D eigenvalue weighted by atomic mass is 10.0. The highest BCUT2D eigenvalue weighted by Gasteiger charge is 2.37. The van der Waals surface area contributed by atoms with E-state index >= 15 is 0 Å². The molecule has 0 saturated heterocycles. The van der Waals surface area contributed by atoms with Gasteiger partial charge in [-0.3, -0.25) is 0 Å². The molecule has 0 aliphatic carbocycles. The van der Waals surface area contributed by atoms with Crippen molar-refractivity contribution in [3.05, 3.63) is 103 Å². The summed E-state index contributed by atoms with van der Waals surface area (Å²) in [5.74, 6) is 4.27. The van der Waals surface area contributed by atoms with Gasteiger partial charge >= 0.3 is 0 Å². The third kappa shape index (κ3) is 2.95. The fraction of sp³-hybridized carbons (Fsp3) is 0. The van der Waals surface area contributed by atoms with E-state index < -0.39 is 7.92 Å². The van der Waals surface area contributed by atoms with E-state index in [0.29, 0.717) is 5.82 Å². The number of nitrogens with zero attached hydrogens (tertiary/aromatic N) is 2. The lowest BCUT2D eigenvalue weighted by Gasteiger charge is -2.34. The van der Waals surface area contributed by atoms with Crippen molar-refractivity contribution in [3.8, 4) is 45.5 Å². The summed E-state index contributed by atoms with van der Waals surface area (Å²) < 4.78 is 12.9. The standard InChI is InChI=1S/C28H17N2O2P/c1-3-11-25-21(9-1)31-23-16-20(18-7-5-8-19(15-18)28-29-13-6-14-30-28)17-24-27(23)33(25)26-12-4-2-10-22(26)32-24/h1-17H. The Bertz CT molecular complexity index is 1460. The molecule has 7 rings (SSSR count). The third-order valence-corrected chi connectivity index (χ3v) is 8.53. The molecule has 4 nitrogen and oxygen atoms in total. The highest BCUT2D eigenvalue weighted by Crippen LogP contribution is 2.53. The van der Waals surface area contributed by atoms with E-state index in [9.17, 15) is 0 Å². The molecule has 0 unspecified atom stereocenters. The molecule has 5 aromatic rings. The fourth-order valence-electron chi connectivity index (χ4n) is 4.47. The largest absolute Gasteiger partial charge is 0.456 e. The van der Waals surface area contributed by atoms with Gasteiger partial charge in [0.05, 0.1) is 5.30 Å². The molecule has 0 fully saturated rings. The molecule has 0 bridgehead atoms. The van der Waals surface area contributed by atoms with Gasteiger partial charge in [-0.1, -0.05) is 54.6 Å². The normalized spacial score (nSPS) is 13.2. The van der Waals surface area contributed by atoms with Crippen molar-refractivity contribution < 1.29 is 9.47 Å². The van der Waals surface area contributed by atoms with Crippen LogP contribution in [0.15, 0.2) is 103 Å². The topological polar surface area (TPSA) is 44.2 Å². The molecule has 33 heavy (non-hydrogen) atoms. The molecule has 0 spiro atoms. The molecule has 2 aliphatic heterocycles. The maximum Gasteiger partial charge on any atom is 0.159 e. The van der Waals surface area contributed by atoms with Crippen LogP contribution in [-0.2, 0) is 0 Å². The Morgan fingerprint density at radius 1 is 0.515 bits per heavy atom. The minimum Gasteiger partial charge on any atom is -0.456 e. The van der Waals surface area contributed by atoms with E-state index in [-0.39, 0.29) is 0 Å². The molecule has 0 radical (unpaired) electrons. The molecule has 3 heterocycles. The van der Waals surface area contributed by atoms with E-state index in [1.54, 1.807) is 12.4 Å². The third-order valence-electron chi connectivity index (χ3n) is 5.94. The predicted octanol–water partition coefficient (Wildman–Crippen LogP) is 5.78. The van der Waals surface area contributed by atoms with Gasteiger partial charge in [0, 0.05) is 36.5 Å². The van der Waals surface area contributed by atoms with Gasteiger partial charge in [0.2, 0.25) is 0 Å². The molecule has 2 aliphatic rings. The van der Waals surface area contributed by atoms with Gasteiger partial charge in [-0.05, 0) is 47.5 Å². The summed E-state index contributed by atoms with van der Waals surface area (Å²) in [6, 6.07) is 31.0. The number of fused-ring (bicyclic) bond motifs is 4. The van der Waals surface area contributed by atoms with Crippen LogP contribution in [0.5, 0.6) is 23.0 Å². The van der Waals surface area contributed by atoms with Crippen LogP contribution in [0.2, 0.25) is 0 Å². The number of hydrogen-bond donors (Lipinski definition) is 0. The number of benzene rings is 4. The second kappa shape index (κ2) is 7.26. The van der Waals surface area contributed by atoms with Crippen LogP contribution in [0.25, 0.3) is 22.5 Å². The van der Waals surface area contributed by atoms with Crippen LogP contribution in [-0.4, -0.2) is 9.97 Å². The molecular formula is C28H17N2O2P. The highest BCUT2D eigenvalue weighted by atomic mass is 31.1. The average Bonchev–Trinajstić information content (AvgIpc) is 2.89. The summed E-state index contributed by atoms with van der Waals surface area (Å²) in [5.41, 5.74) is 3.07. The van der Waals surface area contributed by atoms with E-state index in [4.69, 9.17) is 9.47 Å². The van der Waals surface area contributed by atoms with Crippen LogP contribution in [0.1, 0.15) is 0 Å². The van der Waals surface area contributed by atoms with E-state index in [1.807, 2.05) is 30.3 Å². The Hall–Kier alpha value is -4.01. The van der Waals surface area contributed by atoms with Crippen molar-refractivity contribution >= 4 is 23.8 Å². The molecule has 4 aromatic carbocycles. The van der Waals surface area contributed by atoms with Gasteiger partial charge in [0.1, 0.15) is 23.0 Å². The molecule has 0 N–H and O–H groups in total. The Kier molecular flexibility index (Phi) is 4.08. The molecule has 0 amide bonds. The highest BCUT2D eigenvalue weighted by molar-refractivity contribution is 7.80. The first-order chi connectivity index (χ1) is 16.3. The smallest absolute Gasteiger partial charge is 0.159 e. The summed E-state index contributed by atoms with van der Waals surface area (Å²) in [4.78, 5) is 8.80. The van der Waals surface area contributed by atoms with Crippen molar-refractivity contribution in [1.82, 2.24) is 9.97 Å². The van der Waals surface area contributed by atoms with Crippen LogP contribution in [0.3, 0.4) is 0 Å². The molecule has 1 aromatic heterocycles. The van der Waals surface area contributed by atoms with Gasteiger partial charge in [-0.15, -0.1) is 0 Å². The first-order valence-electron chi connectivity index (χ1n) is 10.7. The predicted molar refractivity (Wildman–Crippen MR) is 132 cm³/mol. The summed E-state index contributed by atoms with van der Waals surface area (Å²) in [6.45, 7) is 0. The van der Waals surface area contributed by atoms with Crippen molar-refractivity contribution in [2.24, 2.45) is 0 Å². The van der Waals surface area contributed by atoms with Crippen molar-refractivity contribution in [2.75, 3.05) is 0 Å². The van der Waals surface area contributed by atoms with Crippen LogP contribution in [0.4, 0.5) is 0 Å². The minimum atomic E-state index is -0.745. The fourth-order valence-corrected chi connectivity index (χ4v) is 7.03. The Morgan fingerprint density at radius 2 is 1.12 bits per heavy atom. The van der Waals surface area contributed by atoms with Crippen LogP contribution < -0.4 is 25.4 Å². The lowest BCUT2D eigenvalue weighted by Crippen LogP contribution is -2.31. The number of para-hydroxylation sites is 2. The van der Waals surface area contributed by atoms with Gasteiger partial charge < -0.3 is 9.47 Å². The zero-order chi connectivity index (χ0) is 21.8. The Labute approximate surface area is 192 Å². The number of rotatable bonds is 2. The minimum absolute atomic E-state index is 0.706. The van der Waals surface area contributed by atoms with Crippen molar-refractivity contribution in [2.45, 2.75) is 0 Å².